The van der Waals surface area contributed by atoms with Gasteiger partial charge >= 0.3 is 0 Å². The second kappa shape index (κ2) is 3.56. The molecule has 1 aliphatic carbocycles. The summed E-state index contributed by atoms with van der Waals surface area (Å²) >= 11 is 0. The van der Waals surface area contributed by atoms with E-state index in [0.717, 1.165) is 13.1 Å². The third-order valence-corrected chi connectivity index (χ3v) is 6.23. The maximum absolute atomic E-state index is 12.2. The summed E-state index contributed by atoms with van der Waals surface area (Å²) in [6.45, 7) is 3.36. The van der Waals surface area contributed by atoms with Gasteiger partial charge in [-0.15, -0.1) is 0 Å². The van der Waals surface area contributed by atoms with Gasteiger partial charge in [0, 0.05) is 26.2 Å². The minimum absolute atomic E-state index is 0.478. The quantitative estimate of drug-likeness (QED) is 0.806. The predicted molar refractivity (Wildman–Crippen MR) is 68.2 cm³/mol. The van der Waals surface area contributed by atoms with Crippen LogP contribution in [0.4, 0.5) is 0 Å². The molecule has 2 aliphatic heterocycles. The van der Waals surface area contributed by atoms with Crippen LogP contribution in [-0.2, 0) is 10.0 Å². The second-order valence-corrected chi connectivity index (χ2v) is 7.42. The monoisotopic (exact) mass is 264 g/mol. The summed E-state index contributed by atoms with van der Waals surface area (Å²) in [5.41, 5.74) is 2.61. The number of fused-ring (bicyclic) bond motifs is 5. The van der Waals surface area contributed by atoms with E-state index >= 15 is 0 Å². The molecule has 2 fully saturated rings. The van der Waals surface area contributed by atoms with Crippen molar-refractivity contribution in [3.63, 3.8) is 0 Å². The number of nitrogens with one attached hydrogen (secondary N) is 1. The van der Waals surface area contributed by atoms with Gasteiger partial charge in [-0.05, 0) is 41.5 Å². The molecule has 4 nitrogen and oxygen atoms in total. The lowest BCUT2D eigenvalue weighted by Crippen LogP contribution is -2.28. The van der Waals surface area contributed by atoms with Crippen molar-refractivity contribution < 1.29 is 8.42 Å². The standard InChI is InChI=1S/C13H16N2O2S/c16-18(17,15-3-4-15)11-1-2-12-9-5-10(8-14-7-9)13(12)6-11/h1-2,6,9-10,14H,3-5,7-8H2. The van der Waals surface area contributed by atoms with Gasteiger partial charge in [0.1, 0.15) is 0 Å². The molecular weight excluding hydrogens is 248 g/mol. The minimum atomic E-state index is -3.20. The maximum atomic E-state index is 12.2. The SMILES string of the molecule is O=S(=O)(c1ccc2c(c1)C1CNCC2C1)N1CC1. The Kier molecular flexibility index (Phi) is 2.17. The molecule has 2 atom stereocenters. The fourth-order valence-electron chi connectivity index (χ4n) is 3.28. The Morgan fingerprint density at radius 1 is 1.11 bits per heavy atom. The van der Waals surface area contributed by atoms with Crippen LogP contribution in [0, 0.1) is 0 Å². The molecule has 0 radical (unpaired) electrons. The Hall–Kier alpha value is -0.910. The lowest BCUT2D eigenvalue weighted by molar-refractivity contribution is 0.453. The molecular formula is C13H16N2O2S. The van der Waals surface area contributed by atoms with E-state index in [1.54, 1.807) is 6.07 Å². The highest BCUT2D eigenvalue weighted by molar-refractivity contribution is 7.89. The summed E-state index contributed by atoms with van der Waals surface area (Å²) in [7, 11) is -3.20. The normalized spacial score (nSPS) is 30.2. The summed E-state index contributed by atoms with van der Waals surface area (Å²) < 4.78 is 25.9. The van der Waals surface area contributed by atoms with Crippen molar-refractivity contribution in [1.82, 2.24) is 9.62 Å². The van der Waals surface area contributed by atoms with E-state index in [2.05, 4.69) is 5.32 Å². The topological polar surface area (TPSA) is 49.2 Å². The molecule has 18 heavy (non-hydrogen) atoms. The van der Waals surface area contributed by atoms with Crippen LogP contribution >= 0.6 is 0 Å². The second-order valence-electron chi connectivity index (χ2n) is 5.48. The van der Waals surface area contributed by atoms with Crippen molar-refractivity contribution in [3.05, 3.63) is 29.3 Å². The maximum Gasteiger partial charge on any atom is 0.243 e. The number of rotatable bonds is 2. The first-order chi connectivity index (χ1) is 8.66. The van der Waals surface area contributed by atoms with E-state index in [4.69, 9.17) is 0 Å². The lowest BCUT2D eigenvalue weighted by Gasteiger charge is -2.19. The highest BCUT2D eigenvalue weighted by atomic mass is 32.2. The summed E-state index contributed by atoms with van der Waals surface area (Å²) in [5.74, 6) is 1.08. The molecule has 1 aromatic carbocycles. The number of piperidine rings is 1. The Morgan fingerprint density at radius 3 is 2.56 bits per heavy atom. The van der Waals surface area contributed by atoms with Crippen LogP contribution < -0.4 is 5.32 Å². The van der Waals surface area contributed by atoms with Gasteiger partial charge in [-0.3, -0.25) is 0 Å². The summed E-state index contributed by atoms with van der Waals surface area (Å²) in [4.78, 5) is 0.478. The van der Waals surface area contributed by atoms with Crippen molar-refractivity contribution >= 4 is 10.0 Å². The third-order valence-electron chi connectivity index (χ3n) is 4.33. The zero-order valence-electron chi connectivity index (χ0n) is 10.1. The van der Waals surface area contributed by atoms with Gasteiger partial charge in [-0.1, -0.05) is 6.07 Å². The largest absolute Gasteiger partial charge is 0.316 e. The Balaban J connectivity index is 1.81. The van der Waals surface area contributed by atoms with Crippen LogP contribution in [0.25, 0.3) is 0 Å². The number of hydrogen-bond donors (Lipinski definition) is 1. The molecule has 1 aromatic rings. The van der Waals surface area contributed by atoms with E-state index < -0.39 is 10.0 Å². The van der Waals surface area contributed by atoms with Crippen molar-refractivity contribution in [3.8, 4) is 0 Å². The first-order valence-electron chi connectivity index (χ1n) is 6.51. The Bertz CT molecular complexity index is 607. The minimum Gasteiger partial charge on any atom is -0.316 e. The molecule has 0 aromatic heterocycles. The average molecular weight is 264 g/mol. The molecule has 2 saturated heterocycles. The molecule has 5 heteroatoms. The number of nitrogens with zero attached hydrogens (tertiary/aromatic N) is 1. The molecule has 0 amide bonds. The number of benzene rings is 1. The van der Waals surface area contributed by atoms with Gasteiger partial charge in [0.2, 0.25) is 10.0 Å². The van der Waals surface area contributed by atoms with Gasteiger partial charge in [0.15, 0.2) is 0 Å². The highest BCUT2D eigenvalue weighted by Crippen LogP contribution is 2.44. The van der Waals surface area contributed by atoms with Gasteiger partial charge < -0.3 is 5.32 Å². The highest BCUT2D eigenvalue weighted by Gasteiger charge is 2.37. The molecule has 2 unspecified atom stereocenters. The molecule has 1 N–H and O–H groups in total. The fraction of sp³-hybridized carbons (Fsp3) is 0.538. The third kappa shape index (κ3) is 1.47. The summed E-state index contributed by atoms with van der Waals surface area (Å²) in [5, 5.41) is 3.43. The summed E-state index contributed by atoms with van der Waals surface area (Å²) in [6, 6.07) is 5.73. The van der Waals surface area contributed by atoms with E-state index in [0.29, 0.717) is 29.8 Å². The molecule has 3 aliphatic rings. The number of hydrogen-bond acceptors (Lipinski definition) is 3. The van der Waals surface area contributed by atoms with Crippen LogP contribution in [0.3, 0.4) is 0 Å². The van der Waals surface area contributed by atoms with Crippen molar-refractivity contribution in [2.45, 2.75) is 23.2 Å². The van der Waals surface area contributed by atoms with Crippen LogP contribution in [-0.4, -0.2) is 38.9 Å². The molecule has 2 bridgehead atoms. The van der Waals surface area contributed by atoms with Crippen molar-refractivity contribution in [2.24, 2.45) is 0 Å². The van der Waals surface area contributed by atoms with Crippen LogP contribution in [0.5, 0.6) is 0 Å². The molecule has 2 heterocycles. The molecule has 0 spiro atoms. The van der Waals surface area contributed by atoms with Gasteiger partial charge in [-0.25, -0.2) is 8.42 Å². The zero-order chi connectivity index (χ0) is 12.3. The average Bonchev–Trinajstić information content (AvgIpc) is 3.20. The fourth-order valence-corrected chi connectivity index (χ4v) is 4.66. The van der Waals surface area contributed by atoms with E-state index in [9.17, 15) is 8.42 Å². The van der Waals surface area contributed by atoms with Gasteiger partial charge in [0.25, 0.3) is 0 Å². The van der Waals surface area contributed by atoms with Crippen LogP contribution in [0.2, 0.25) is 0 Å². The Morgan fingerprint density at radius 2 is 1.83 bits per heavy atom. The molecule has 96 valence electrons. The lowest BCUT2D eigenvalue weighted by atomic mass is 9.98. The predicted octanol–water partition coefficient (Wildman–Crippen LogP) is 0.865. The first-order valence-corrected chi connectivity index (χ1v) is 7.95. The van der Waals surface area contributed by atoms with Crippen LogP contribution in [0.1, 0.15) is 29.4 Å². The molecule has 0 saturated carbocycles. The number of sulfonamides is 1. The van der Waals surface area contributed by atoms with Crippen molar-refractivity contribution in [1.29, 1.82) is 0 Å². The smallest absolute Gasteiger partial charge is 0.243 e. The van der Waals surface area contributed by atoms with Gasteiger partial charge in [-0.2, -0.15) is 4.31 Å². The van der Waals surface area contributed by atoms with Crippen LogP contribution in [0.15, 0.2) is 23.1 Å². The Labute approximate surface area is 107 Å². The van der Waals surface area contributed by atoms with E-state index in [1.807, 2.05) is 12.1 Å². The zero-order valence-corrected chi connectivity index (χ0v) is 10.9. The van der Waals surface area contributed by atoms with E-state index in [-0.39, 0.29) is 0 Å². The van der Waals surface area contributed by atoms with E-state index in [1.165, 1.54) is 21.9 Å². The summed E-state index contributed by atoms with van der Waals surface area (Å²) in [6.07, 6.45) is 1.18. The van der Waals surface area contributed by atoms with Gasteiger partial charge in [0.05, 0.1) is 4.90 Å². The van der Waals surface area contributed by atoms with Crippen molar-refractivity contribution in [2.75, 3.05) is 26.2 Å². The first kappa shape index (κ1) is 11.0. The molecule has 4 rings (SSSR count).